The van der Waals surface area contributed by atoms with Gasteiger partial charge in [0.2, 0.25) is 0 Å². The number of hydrogen-bond donors (Lipinski definition) is 3. The largest absolute Gasteiger partial charge is 0.505 e. The number of sulfonamides is 1. The number of hydrogen-bond acceptors (Lipinski definition) is 4. The van der Waals surface area contributed by atoms with Crippen LogP contribution >= 0.6 is 0 Å². The number of aryl methyl sites for hydroxylation is 2. The molecule has 3 N–H and O–H groups in total. The highest BCUT2D eigenvalue weighted by molar-refractivity contribution is 7.92. The smallest absolute Gasteiger partial charge is 0.265 e. The van der Waals surface area contributed by atoms with Gasteiger partial charge in [0.1, 0.15) is 10.6 Å². The van der Waals surface area contributed by atoms with Crippen LogP contribution < -0.4 is 4.72 Å². The lowest BCUT2D eigenvalue weighted by Crippen LogP contribution is -2.13. The maximum Gasteiger partial charge on any atom is 0.265 e. The van der Waals surface area contributed by atoms with Crippen LogP contribution in [0.3, 0.4) is 0 Å². The summed E-state index contributed by atoms with van der Waals surface area (Å²) in [6.45, 7) is 3.30. The van der Waals surface area contributed by atoms with Crippen molar-refractivity contribution in [3.8, 4) is 5.75 Å². The molecular formula is C11H13N3O3S. The van der Waals surface area contributed by atoms with Crippen molar-refractivity contribution in [2.45, 2.75) is 18.7 Å². The van der Waals surface area contributed by atoms with Gasteiger partial charge in [0.05, 0.1) is 17.6 Å². The first-order chi connectivity index (χ1) is 8.42. The van der Waals surface area contributed by atoms with Crippen molar-refractivity contribution in [2.75, 3.05) is 4.72 Å². The zero-order valence-electron chi connectivity index (χ0n) is 9.93. The van der Waals surface area contributed by atoms with Gasteiger partial charge in [-0.25, -0.2) is 8.42 Å². The lowest BCUT2D eigenvalue weighted by molar-refractivity contribution is 0.473. The first-order valence-electron chi connectivity index (χ1n) is 5.23. The number of nitrogens with zero attached hydrogens (tertiary/aromatic N) is 1. The molecule has 1 aromatic heterocycles. The Labute approximate surface area is 105 Å². The lowest BCUT2D eigenvalue weighted by atomic mass is 10.2. The fourth-order valence-corrected chi connectivity index (χ4v) is 2.76. The average molecular weight is 267 g/mol. The molecule has 18 heavy (non-hydrogen) atoms. The maximum absolute atomic E-state index is 12.1. The highest BCUT2D eigenvalue weighted by Gasteiger charge is 2.20. The van der Waals surface area contributed by atoms with E-state index in [-0.39, 0.29) is 16.3 Å². The van der Waals surface area contributed by atoms with Crippen molar-refractivity contribution < 1.29 is 13.5 Å². The standard InChI is InChI=1S/C11H13N3O3S/c1-7-4-3-5-9(11(7)15)14-18(16,17)10-6-12-13-8(10)2/h3-6,14-15H,1-2H3,(H,12,13). The summed E-state index contributed by atoms with van der Waals surface area (Å²) in [6, 6.07) is 4.85. The zero-order chi connectivity index (χ0) is 13.3. The van der Waals surface area contributed by atoms with Crippen molar-refractivity contribution in [3.05, 3.63) is 35.7 Å². The van der Waals surface area contributed by atoms with Crippen LogP contribution in [0, 0.1) is 13.8 Å². The molecule has 0 atom stereocenters. The number of anilines is 1. The Hall–Kier alpha value is -2.02. The molecule has 96 valence electrons. The van der Waals surface area contributed by atoms with Crippen LogP contribution in [0.4, 0.5) is 5.69 Å². The van der Waals surface area contributed by atoms with Crippen LogP contribution in [0.1, 0.15) is 11.3 Å². The number of para-hydroxylation sites is 1. The van der Waals surface area contributed by atoms with E-state index in [1.807, 2.05) is 0 Å². The lowest BCUT2D eigenvalue weighted by Gasteiger charge is -2.10. The third kappa shape index (κ3) is 2.17. The van der Waals surface area contributed by atoms with Crippen molar-refractivity contribution in [2.24, 2.45) is 0 Å². The molecule has 0 amide bonds. The zero-order valence-corrected chi connectivity index (χ0v) is 10.7. The third-order valence-electron chi connectivity index (χ3n) is 2.56. The molecule has 0 aliphatic rings. The molecule has 0 fully saturated rings. The number of phenolic OH excluding ortho intramolecular Hbond substituents is 1. The highest BCUT2D eigenvalue weighted by atomic mass is 32.2. The number of H-pyrrole nitrogens is 1. The van der Waals surface area contributed by atoms with Crippen molar-refractivity contribution >= 4 is 15.7 Å². The van der Waals surface area contributed by atoms with Gasteiger partial charge < -0.3 is 5.11 Å². The van der Waals surface area contributed by atoms with E-state index >= 15 is 0 Å². The molecule has 0 unspecified atom stereocenters. The van der Waals surface area contributed by atoms with Crippen LogP contribution in [0.25, 0.3) is 0 Å². The average Bonchev–Trinajstić information content (AvgIpc) is 2.72. The minimum atomic E-state index is -3.74. The SMILES string of the molecule is Cc1cccc(NS(=O)(=O)c2cn[nH]c2C)c1O. The summed E-state index contributed by atoms with van der Waals surface area (Å²) in [4.78, 5) is 0.0587. The predicted octanol–water partition coefficient (Wildman–Crippen LogP) is 1.53. The van der Waals surface area contributed by atoms with E-state index in [4.69, 9.17) is 0 Å². The topological polar surface area (TPSA) is 95.1 Å². The van der Waals surface area contributed by atoms with Crippen molar-refractivity contribution in [3.63, 3.8) is 0 Å². The Morgan fingerprint density at radius 2 is 2.06 bits per heavy atom. The summed E-state index contributed by atoms with van der Waals surface area (Å²) in [6.07, 6.45) is 1.23. The fraction of sp³-hybridized carbons (Fsp3) is 0.182. The van der Waals surface area contributed by atoms with Crippen LogP contribution in [0.2, 0.25) is 0 Å². The molecular weight excluding hydrogens is 254 g/mol. The highest BCUT2D eigenvalue weighted by Crippen LogP contribution is 2.28. The molecule has 0 radical (unpaired) electrons. The van der Waals surface area contributed by atoms with Crippen LogP contribution in [0.15, 0.2) is 29.3 Å². The molecule has 0 saturated heterocycles. The van der Waals surface area contributed by atoms with Gasteiger partial charge in [-0.05, 0) is 25.5 Å². The van der Waals surface area contributed by atoms with Gasteiger partial charge in [-0.15, -0.1) is 0 Å². The van der Waals surface area contributed by atoms with Crippen LogP contribution in [-0.4, -0.2) is 23.7 Å². The molecule has 0 bridgehead atoms. The fourth-order valence-electron chi connectivity index (χ4n) is 1.55. The minimum absolute atomic E-state index is 0.0587. The van der Waals surface area contributed by atoms with Crippen molar-refractivity contribution in [1.82, 2.24) is 10.2 Å². The molecule has 1 heterocycles. The van der Waals surface area contributed by atoms with E-state index in [9.17, 15) is 13.5 Å². The number of nitrogens with one attached hydrogen (secondary N) is 2. The van der Waals surface area contributed by atoms with E-state index in [1.165, 1.54) is 12.3 Å². The van der Waals surface area contributed by atoms with Gasteiger partial charge in [0.15, 0.2) is 0 Å². The molecule has 6 nitrogen and oxygen atoms in total. The number of phenols is 1. The second-order valence-electron chi connectivity index (χ2n) is 3.94. The molecule has 0 saturated carbocycles. The quantitative estimate of drug-likeness (QED) is 0.735. The molecule has 0 aliphatic carbocycles. The summed E-state index contributed by atoms with van der Waals surface area (Å²) >= 11 is 0. The second kappa shape index (κ2) is 4.34. The van der Waals surface area contributed by atoms with Gasteiger partial charge in [-0.3, -0.25) is 9.82 Å². The minimum Gasteiger partial charge on any atom is -0.505 e. The van der Waals surface area contributed by atoms with Gasteiger partial charge >= 0.3 is 0 Å². The number of aromatic amines is 1. The van der Waals surface area contributed by atoms with E-state index < -0.39 is 10.0 Å². The predicted molar refractivity (Wildman–Crippen MR) is 67.0 cm³/mol. The Balaban J connectivity index is 2.40. The molecule has 2 rings (SSSR count). The van der Waals surface area contributed by atoms with E-state index in [2.05, 4.69) is 14.9 Å². The summed E-state index contributed by atoms with van der Waals surface area (Å²) in [5.74, 6) is -0.0813. The van der Waals surface area contributed by atoms with Gasteiger partial charge in [0, 0.05) is 0 Å². The molecule has 7 heteroatoms. The van der Waals surface area contributed by atoms with Gasteiger partial charge in [-0.2, -0.15) is 5.10 Å². The normalized spacial score (nSPS) is 11.4. The maximum atomic E-state index is 12.1. The molecule has 1 aromatic carbocycles. The Kier molecular flexibility index (Phi) is 3.00. The Morgan fingerprint density at radius 3 is 2.67 bits per heavy atom. The summed E-state index contributed by atoms with van der Waals surface area (Å²) in [5, 5.41) is 16.0. The van der Waals surface area contributed by atoms with Gasteiger partial charge in [0.25, 0.3) is 10.0 Å². The van der Waals surface area contributed by atoms with Gasteiger partial charge in [-0.1, -0.05) is 12.1 Å². The van der Waals surface area contributed by atoms with E-state index in [1.54, 1.807) is 26.0 Å². The first kappa shape index (κ1) is 12.4. The third-order valence-corrected chi connectivity index (χ3v) is 4.03. The summed E-state index contributed by atoms with van der Waals surface area (Å²) in [7, 11) is -3.74. The van der Waals surface area contributed by atoms with Crippen LogP contribution in [-0.2, 0) is 10.0 Å². The molecule has 0 spiro atoms. The first-order valence-corrected chi connectivity index (χ1v) is 6.71. The summed E-state index contributed by atoms with van der Waals surface area (Å²) in [5.41, 5.74) is 1.18. The van der Waals surface area contributed by atoms with E-state index in [0.29, 0.717) is 11.3 Å². The second-order valence-corrected chi connectivity index (χ2v) is 5.59. The van der Waals surface area contributed by atoms with Crippen LogP contribution in [0.5, 0.6) is 5.75 Å². The summed E-state index contributed by atoms with van der Waals surface area (Å²) < 4.78 is 26.5. The monoisotopic (exact) mass is 267 g/mol. The number of aromatic hydroxyl groups is 1. The molecule has 2 aromatic rings. The number of aromatic nitrogens is 2. The van der Waals surface area contributed by atoms with Crippen molar-refractivity contribution in [1.29, 1.82) is 0 Å². The Bertz CT molecular complexity index is 677. The molecule has 0 aliphatic heterocycles. The Morgan fingerprint density at radius 1 is 1.33 bits per heavy atom. The number of benzene rings is 1. The van der Waals surface area contributed by atoms with E-state index in [0.717, 1.165) is 0 Å². The number of rotatable bonds is 3.